The Labute approximate surface area is 182 Å². The fourth-order valence-electron chi connectivity index (χ4n) is 9.45. The second-order valence-corrected chi connectivity index (χ2v) is 12.4. The normalized spacial score (nSPS) is 52.6. The van der Waals surface area contributed by atoms with Crippen molar-refractivity contribution >= 4 is 5.97 Å². The molecule has 0 aliphatic heterocycles. The number of carboxylic acid groups (broad SMARTS) is 1. The second-order valence-electron chi connectivity index (χ2n) is 12.4. The molecule has 0 aromatic heterocycles. The molecule has 0 saturated heterocycles. The maximum absolute atomic E-state index is 11.6. The summed E-state index contributed by atoms with van der Waals surface area (Å²) >= 11 is 0. The third kappa shape index (κ3) is 3.27. The molecule has 3 N–H and O–H groups in total. The molecule has 4 aliphatic carbocycles. The van der Waals surface area contributed by atoms with Crippen LogP contribution in [0.3, 0.4) is 0 Å². The molecule has 4 nitrogen and oxygen atoms in total. The summed E-state index contributed by atoms with van der Waals surface area (Å²) in [5, 5.41) is 31.3. The van der Waals surface area contributed by atoms with Crippen molar-refractivity contribution in [1.82, 2.24) is 0 Å². The molecule has 172 valence electrons. The Hall–Kier alpha value is -0.610. The van der Waals surface area contributed by atoms with Crippen LogP contribution in [0.15, 0.2) is 0 Å². The molecule has 0 amide bonds. The molecule has 30 heavy (non-hydrogen) atoms. The van der Waals surface area contributed by atoms with Gasteiger partial charge in [-0.1, -0.05) is 34.6 Å². The predicted molar refractivity (Wildman–Crippen MR) is 118 cm³/mol. The number of hydrogen-bond donors (Lipinski definition) is 3. The molecule has 4 fully saturated rings. The summed E-state index contributed by atoms with van der Waals surface area (Å²) in [5.74, 6) is 2.15. The van der Waals surface area contributed by atoms with E-state index in [-0.39, 0.29) is 34.9 Å². The summed E-state index contributed by atoms with van der Waals surface area (Å²) in [6.07, 6.45) is 7.90. The fraction of sp³-hybridized carbons (Fsp3) is 0.962. The standard InChI is InChI=1S/C26H44O4/c1-14(12-15(2)24(29)30)18-6-7-19-22-20(9-11-25(18,19)4)26(5)10-8-17(27)13-21(26)16(3)23(22)28/h14-23,27-28H,6-13H2,1-5H3,(H,29,30)/t14-,15+,16-,17-,18?,19?,20?,21+,22?,23-,25-,26-/m1/s1. The quantitative estimate of drug-likeness (QED) is 0.600. The van der Waals surface area contributed by atoms with Crippen molar-refractivity contribution in [3.63, 3.8) is 0 Å². The summed E-state index contributed by atoms with van der Waals surface area (Å²) < 4.78 is 0. The van der Waals surface area contributed by atoms with Gasteiger partial charge in [0.05, 0.1) is 18.1 Å². The molecule has 4 heteroatoms. The van der Waals surface area contributed by atoms with E-state index < -0.39 is 5.97 Å². The lowest BCUT2D eigenvalue weighted by molar-refractivity contribution is -0.199. The van der Waals surface area contributed by atoms with Gasteiger partial charge in [0.25, 0.3) is 0 Å². The average molecular weight is 421 g/mol. The van der Waals surface area contributed by atoms with Crippen LogP contribution in [0.4, 0.5) is 0 Å². The highest BCUT2D eigenvalue weighted by molar-refractivity contribution is 5.69. The van der Waals surface area contributed by atoms with Crippen LogP contribution in [0.25, 0.3) is 0 Å². The van der Waals surface area contributed by atoms with Crippen LogP contribution < -0.4 is 0 Å². The first-order valence-corrected chi connectivity index (χ1v) is 12.6. The van der Waals surface area contributed by atoms with Gasteiger partial charge in [-0.25, -0.2) is 0 Å². The Bertz CT molecular complexity index is 663. The molecule has 0 aromatic carbocycles. The third-order valence-corrected chi connectivity index (χ3v) is 11.0. The number of aliphatic hydroxyl groups is 2. The van der Waals surface area contributed by atoms with E-state index in [1.54, 1.807) is 0 Å². The summed E-state index contributed by atoms with van der Waals surface area (Å²) in [7, 11) is 0. The first kappa shape index (κ1) is 22.6. The number of aliphatic hydroxyl groups excluding tert-OH is 2. The lowest BCUT2D eigenvalue weighted by Gasteiger charge is -2.64. The molecule has 12 atom stereocenters. The highest BCUT2D eigenvalue weighted by Gasteiger charge is 2.64. The number of fused-ring (bicyclic) bond motifs is 5. The first-order valence-electron chi connectivity index (χ1n) is 12.6. The van der Waals surface area contributed by atoms with Crippen LogP contribution in [0.1, 0.15) is 86.0 Å². The molecule has 4 aliphatic rings. The van der Waals surface area contributed by atoms with Crippen molar-refractivity contribution in [2.45, 2.75) is 98.2 Å². The van der Waals surface area contributed by atoms with Gasteiger partial charge in [0, 0.05) is 0 Å². The van der Waals surface area contributed by atoms with Crippen molar-refractivity contribution in [3.8, 4) is 0 Å². The monoisotopic (exact) mass is 420 g/mol. The van der Waals surface area contributed by atoms with Gasteiger partial charge in [-0.3, -0.25) is 4.79 Å². The predicted octanol–water partition coefficient (Wildman–Crippen LogP) is 4.97. The van der Waals surface area contributed by atoms with E-state index in [4.69, 9.17) is 0 Å². The van der Waals surface area contributed by atoms with E-state index in [0.29, 0.717) is 35.5 Å². The van der Waals surface area contributed by atoms with E-state index in [9.17, 15) is 20.1 Å². The molecule has 4 rings (SSSR count). The zero-order valence-corrected chi connectivity index (χ0v) is 19.7. The van der Waals surface area contributed by atoms with Crippen molar-refractivity contribution in [3.05, 3.63) is 0 Å². The van der Waals surface area contributed by atoms with Gasteiger partial charge < -0.3 is 15.3 Å². The van der Waals surface area contributed by atoms with Gasteiger partial charge in [0.1, 0.15) is 0 Å². The van der Waals surface area contributed by atoms with Crippen molar-refractivity contribution < 1.29 is 20.1 Å². The van der Waals surface area contributed by atoms with Crippen molar-refractivity contribution in [1.29, 1.82) is 0 Å². The van der Waals surface area contributed by atoms with Crippen molar-refractivity contribution in [2.75, 3.05) is 0 Å². The third-order valence-electron chi connectivity index (χ3n) is 11.0. The van der Waals surface area contributed by atoms with E-state index in [1.807, 2.05) is 6.92 Å². The minimum Gasteiger partial charge on any atom is -0.481 e. The number of hydrogen-bond acceptors (Lipinski definition) is 3. The van der Waals surface area contributed by atoms with Crippen LogP contribution in [0.2, 0.25) is 0 Å². The molecule has 0 spiro atoms. The fourth-order valence-corrected chi connectivity index (χ4v) is 9.45. The molecule has 4 unspecified atom stereocenters. The van der Waals surface area contributed by atoms with Crippen LogP contribution >= 0.6 is 0 Å². The summed E-state index contributed by atoms with van der Waals surface area (Å²) in [4.78, 5) is 11.4. The Morgan fingerprint density at radius 3 is 2.27 bits per heavy atom. The van der Waals surface area contributed by atoms with Crippen LogP contribution in [-0.2, 0) is 4.79 Å². The zero-order chi connectivity index (χ0) is 22.0. The minimum atomic E-state index is -0.680. The largest absolute Gasteiger partial charge is 0.481 e. The van der Waals surface area contributed by atoms with Crippen molar-refractivity contribution in [2.24, 2.45) is 58.2 Å². The van der Waals surface area contributed by atoms with E-state index in [1.165, 1.54) is 25.7 Å². The molecular formula is C26H44O4. The topological polar surface area (TPSA) is 77.8 Å². The molecular weight excluding hydrogens is 376 g/mol. The smallest absolute Gasteiger partial charge is 0.306 e. The first-order chi connectivity index (χ1) is 14.0. The zero-order valence-electron chi connectivity index (χ0n) is 19.7. The summed E-state index contributed by atoms with van der Waals surface area (Å²) in [6, 6.07) is 0. The number of aliphatic carboxylic acids is 1. The maximum atomic E-state index is 11.6. The Kier molecular flexibility index (Phi) is 5.84. The molecule has 0 aromatic rings. The minimum absolute atomic E-state index is 0.198. The lowest BCUT2D eigenvalue weighted by Crippen LogP contribution is -2.61. The summed E-state index contributed by atoms with van der Waals surface area (Å²) in [6.45, 7) is 11.3. The second kappa shape index (κ2) is 7.76. The average Bonchev–Trinajstić information content (AvgIpc) is 3.04. The number of rotatable bonds is 4. The van der Waals surface area contributed by atoms with Gasteiger partial charge in [0.2, 0.25) is 0 Å². The molecule has 0 heterocycles. The van der Waals surface area contributed by atoms with Crippen LogP contribution in [-0.4, -0.2) is 33.5 Å². The highest BCUT2D eigenvalue weighted by Crippen LogP contribution is 2.69. The van der Waals surface area contributed by atoms with E-state index >= 15 is 0 Å². The van der Waals surface area contributed by atoms with Crippen LogP contribution in [0.5, 0.6) is 0 Å². The Morgan fingerprint density at radius 1 is 0.967 bits per heavy atom. The highest BCUT2D eigenvalue weighted by atomic mass is 16.4. The van der Waals surface area contributed by atoms with Crippen LogP contribution in [0, 0.1) is 58.2 Å². The van der Waals surface area contributed by atoms with Gasteiger partial charge in [-0.15, -0.1) is 0 Å². The SMILES string of the molecule is C[C@H]1[C@@H](O)C2C3CCC([C@H](C)C[C@H](C)C(=O)O)[C@@]3(C)CCC2[C@@]2(C)CC[C@@H](O)C[C@@H]12. The Morgan fingerprint density at radius 2 is 1.60 bits per heavy atom. The molecule has 0 radical (unpaired) electrons. The molecule has 4 saturated carbocycles. The maximum Gasteiger partial charge on any atom is 0.306 e. The molecule has 0 bridgehead atoms. The summed E-state index contributed by atoms with van der Waals surface area (Å²) in [5.41, 5.74) is 0.461. The van der Waals surface area contributed by atoms with Gasteiger partial charge in [0.15, 0.2) is 0 Å². The number of carboxylic acids is 1. The lowest BCUT2D eigenvalue weighted by atomic mass is 9.42. The van der Waals surface area contributed by atoms with E-state index in [0.717, 1.165) is 25.7 Å². The number of carbonyl (C=O) groups is 1. The van der Waals surface area contributed by atoms with Gasteiger partial charge >= 0.3 is 5.97 Å². The van der Waals surface area contributed by atoms with Gasteiger partial charge in [-0.2, -0.15) is 0 Å². The van der Waals surface area contributed by atoms with E-state index in [2.05, 4.69) is 27.7 Å². The van der Waals surface area contributed by atoms with Gasteiger partial charge in [-0.05, 0) is 104 Å². The Balaban J connectivity index is 1.59.